The van der Waals surface area contributed by atoms with Crippen molar-refractivity contribution in [1.82, 2.24) is 15.0 Å². The summed E-state index contributed by atoms with van der Waals surface area (Å²) >= 11 is 3.99. The molecule has 0 saturated heterocycles. The number of aromatic amines is 1. The summed E-state index contributed by atoms with van der Waals surface area (Å²) in [4.78, 5) is 50.9. The first-order valence-corrected chi connectivity index (χ1v) is 14.9. The second kappa shape index (κ2) is 10.5. The van der Waals surface area contributed by atoms with Crippen LogP contribution in [-0.2, 0) is 0 Å². The molecule has 0 aliphatic rings. The zero-order valence-corrected chi connectivity index (χ0v) is 24.4. The molecule has 41 heavy (non-hydrogen) atoms. The zero-order valence-electron chi connectivity index (χ0n) is 22.0. The number of nitrogens with one attached hydrogen (secondary N) is 2. The van der Waals surface area contributed by atoms with Gasteiger partial charge in [0.25, 0.3) is 17.2 Å². The third-order valence-electron chi connectivity index (χ3n) is 6.61. The van der Waals surface area contributed by atoms with Crippen LogP contribution in [0.15, 0.2) is 74.7 Å². The average molecular weight is 600 g/mol. The topological polar surface area (TPSA) is 131 Å². The van der Waals surface area contributed by atoms with Crippen LogP contribution in [0.3, 0.4) is 0 Å². The van der Waals surface area contributed by atoms with Gasteiger partial charge in [-0.2, -0.15) is 0 Å². The minimum atomic E-state index is -0.450. The highest BCUT2D eigenvalue weighted by Gasteiger charge is 2.20. The smallest absolute Gasteiger partial charge is 0.284 e. The Labute approximate surface area is 245 Å². The lowest BCUT2D eigenvalue weighted by Gasteiger charge is -2.05. The van der Waals surface area contributed by atoms with Crippen LogP contribution in [0.2, 0.25) is 0 Å². The molecule has 6 rings (SSSR count). The normalized spacial score (nSPS) is 11.3. The number of fused-ring (bicyclic) bond motifs is 2. The maximum atomic E-state index is 12.7. The number of nitro groups is 1. The number of aryl methyl sites for hydroxylation is 3. The molecule has 0 aliphatic carbocycles. The first-order chi connectivity index (χ1) is 19.7. The van der Waals surface area contributed by atoms with Crippen LogP contribution in [0.5, 0.6) is 0 Å². The SMILES string of the molecule is Cc1ccc(C(=O)Nc2ccc3nc(Sc4ccc(-c5nc6sc(C)c(C)c6c(=O)[nH]5)cc4[N+](=O)[O-])sc3c2)cc1. The van der Waals surface area contributed by atoms with Crippen LogP contribution < -0.4 is 10.9 Å². The number of aromatic nitrogens is 3. The van der Waals surface area contributed by atoms with Crippen LogP contribution in [0.25, 0.3) is 31.8 Å². The predicted octanol–water partition coefficient (Wildman–Crippen LogP) is 7.50. The highest BCUT2D eigenvalue weighted by atomic mass is 32.2. The largest absolute Gasteiger partial charge is 0.322 e. The van der Waals surface area contributed by atoms with E-state index in [-0.39, 0.29) is 23.0 Å². The average Bonchev–Trinajstić information content (AvgIpc) is 3.47. The highest BCUT2D eigenvalue weighted by Crippen LogP contribution is 2.40. The van der Waals surface area contributed by atoms with E-state index < -0.39 is 4.92 Å². The fraction of sp³-hybridized carbons (Fsp3) is 0.103. The van der Waals surface area contributed by atoms with Crippen molar-refractivity contribution in [1.29, 1.82) is 0 Å². The molecule has 12 heteroatoms. The van der Waals surface area contributed by atoms with E-state index in [1.807, 2.05) is 45.0 Å². The van der Waals surface area contributed by atoms with E-state index in [9.17, 15) is 19.7 Å². The minimum absolute atomic E-state index is 0.112. The van der Waals surface area contributed by atoms with Crippen molar-refractivity contribution in [2.75, 3.05) is 5.32 Å². The first-order valence-electron chi connectivity index (χ1n) is 12.4. The van der Waals surface area contributed by atoms with Gasteiger partial charge in [0.2, 0.25) is 0 Å². The summed E-state index contributed by atoms with van der Waals surface area (Å²) in [6.45, 7) is 5.78. The molecule has 0 aliphatic heterocycles. The van der Waals surface area contributed by atoms with Gasteiger partial charge < -0.3 is 10.3 Å². The lowest BCUT2D eigenvalue weighted by atomic mass is 10.1. The van der Waals surface area contributed by atoms with Crippen molar-refractivity contribution in [3.63, 3.8) is 0 Å². The number of benzene rings is 3. The predicted molar refractivity (Wildman–Crippen MR) is 165 cm³/mol. The summed E-state index contributed by atoms with van der Waals surface area (Å²) in [6, 6.07) is 17.5. The third kappa shape index (κ3) is 5.24. The number of hydrogen-bond acceptors (Lipinski definition) is 9. The number of nitro benzene ring substituents is 1. The van der Waals surface area contributed by atoms with Crippen LogP contribution in [0, 0.1) is 30.9 Å². The number of hydrogen-bond donors (Lipinski definition) is 2. The lowest BCUT2D eigenvalue weighted by molar-refractivity contribution is -0.387. The Morgan fingerprint density at radius 3 is 2.54 bits per heavy atom. The first kappa shape index (κ1) is 26.8. The van der Waals surface area contributed by atoms with Gasteiger partial charge in [0.15, 0.2) is 4.34 Å². The van der Waals surface area contributed by atoms with Gasteiger partial charge in [-0.3, -0.25) is 19.7 Å². The van der Waals surface area contributed by atoms with Gasteiger partial charge in [0.05, 0.1) is 25.4 Å². The summed E-state index contributed by atoms with van der Waals surface area (Å²) in [5, 5.41) is 15.5. The van der Waals surface area contributed by atoms with Crippen molar-refractivity contribution in [3.8, 4) is 11.4 Å². The van der Waals surface area contributed by atoms with E-state index in [0.29, 0.717) is 36.3 Å². The molecule has 0 radical (unpaired) electrons. The fourth-order valence-electron chi connectivity index (χ4n) is 4.31. The molecule has 2 N–H and O–H groups in total. The molecule has 0 unspecified atom stereocenters. The molecule has 1 amide bonds. The van der Waals surface area contributed by atoms with Gasteiger partial charge in [-0.05, 0) is 68.8 Å². The van der Waals surface area contributed by atoms with Crippen molar-refractivity contribution in [2.24, 2.45) is 0 Å². The molecular formula is C29H21N5O4S3. The second-order valence-electron chi connectivity index (χ2n) is 9.40. The van der Waals surface area contributed by atoms with Gasteiger partial charge in [0, 0.05) is 27.8 Å². The maximum absolute atomic E-state index is 12.7. The van der Waals surface area contributed by atoms with Gasteiger partial charge in [-0.25, -0.2) is 9.97 Å². The number of anilines is 1. The summed E-state index contributed by atoms with van der Waals surface area (Å²) in [7, 11) is 0. The molecule has 3 heterocycles. The number of nitrogens with zero attached hydrogens (tertiary/aromatic N) is 3. The minimum Gasteiger partial charge on any atom is -0.322 e. The number of carbonyl (C=O) groups excluding carboxylic acids is 1. The lowest BCUT2D eigenvalue weighted by Crippen LogP contribution is -2.11. The number of H-pyrrole nitrogens is 1. The summed E-state index contributed by atoms with van der Waals surface area (Å²) < 4.78 is 1.46. The fourth-order valence-corrected chi connectivity index (χ4v) is 7.49. The number of thiazole rings is 1. The molecule has 9 nitrogen and oxygen atoms in total. The number of amides is 1. The Morgan fingerprint density at radius 1 is 1.00 bits per heavy atom. The van der Waals surface area contributed by atoms with Gasteiger partial charge in [-0.1, -0.05) is 29.5 Å². The van der Waals surface area contributed by atoms with Crippen molar-refractivity contribution < 1.29 is 9.72 Å². The molecule has 0 saturated carbocycles. The standard InChI is InChI=1S/C29H21N5O4S3/c1-14-4-6-17(7-5-14)26(35)30-19-9-10-20-23(13-19)41-29(31-20)40-22-11-8-18(12-21(22)34(37)38)25-32-27(36)24-15(2)16(3)39-28(24)33-25/h4-13H,1-3H3,(H,30,35)(H,32,33,36). The molecule has 3 aromatic carbocycles. The van der Waals surface area contributed by atoms with Crippen LogP contribution in [-0.4, -0.2) is 25.8 Å². The van der Waals surface area contributed by atoms with E-state index in [4.69, 9.17) is 0 Å². The molecule has 6 aromatic rings. The maximum Gasteiger partial charge on any atom is 0.284 e. The Bertz CT molecular complexity index is 2060. The monoisotopic (exact) mass is 599 g/mol. The van der Waals surface area contributed by atoms with E-state index in [1.165, 1.54) is 40.5 Å². The number of carbonyl (C=O) groups is 1. The highest BCUT2D eigenvalue weighted by molar-refractivity contribution is 8.01. The summed E-state index contributed by atoms with van der Waals surface area (Å²) in [5.74, 6) is 0.0714. The van der Waals surface area contributed by atoms with Gasteiger partial charge >= 0.3 is 0 Å². The van der Waals surface area contributed by atoms with Crippen molar-refractivity contribution in [3.05, 3.63) is 103 Å². The zero-order chi connectivity index (χ0) is 28.8. The van der Waals surface area contributed by atoms with Gasteiger partial charge in [0.1, 0.15) is 10.7 Å². The number of rotatable bonds is 6. The van der Waals surface area contributed by atoms with Crippen molar-refractivity contribution in [2.45, 2.75) is 30.0 Å². The van der Waals surface area contributed by atoms with E-state index in [0.717, 1.165) is 26.2 Å². The molecule has 0 fully saturated rings. The molecule has 3 aromatic heterocycles. The number of thiophene rings is 1. The Kier molecular flexibility index (Phi) is 6.89. The van der Waals surface area contributed by atoms with Crippen molar-refractivity contribution >= 4 is 72.2 Å². The second-order valence-corrected chi connectivity index (χ2v) is 12.9. The molecular weight excluding hydrogens is 579 g/mol. The van der Waals surface area contributed by atoms with Crippen LogP contribution in [0.1, 0.15) is 26.4 Å². The quantitative estimate of drug-likeness (QED) is 0.150. The third-order valence-corrected chi connectivity index (χ3v) is 9.85. The Balaban J connectivity index is 1.27. The van der Waals surface area contributed by atoms with Crippen LogP contribution >= 0.6 is 34.4 Å². The Hall–Kier alpha value is -4.39. The summed E-state index contributed by atoms with van der Waals surface area (Å²) in [6.07, 6.45) is 0. The molecule has 0 atom stereocenters. The Morgan fingerprint density at radius 2 is 1.78 bits per heavy atom. The van der Waals surface area contributed by atoms with E-state index >= 15 is 0 Å². The van der Waals surface area contributed by atoms with Crippen LogP contribution in [0.4, 0.5) is 11.4 Å². The summed E-state index contributed by atoms with van der Waals surface area (Å²) in [5.41, 5.74) is 3.95. The van der Waals surface area contributed by atoms with E-state index in [2.05, 4.69) is 20.3 Å². The molecule has 0 bridgehead atoms. The molecule has 0 spiro atoms. The van der Waals surface area contributed by atoms with Gasteiger partial charge in [-0.15, -0.1) is 22.7 Å². The van der Waals surface area contributed by atoms with E-state index in [1.54, 1.807) is 30.3 Å². The molecule has 204 valence electrons.